The third kappa shape index (κ3) is 7.17. The van der Waals surface area contributed by atoms with Crippen LogP contribution in [-0.4, -0.2) is 78.3 Å². The Bertz CT molecular complexity index is 1600. The summed E-state index contributed by atoms with van der Waals surface area (Å²) in [5.41, 5.74) is 1.62. The lowest BCUT2D eigenvalue weighted by molar-refractivity contribution is -0.119. The summed E-state index contributed by atoms with van der Waals surface area (Å²) in [6.45, 7) is 2.10. The summed E-state index contributed by atoms with van der Waals surface area (Å²) in [5, 5.41) is 22.7. The number of anilines is 1. The highest BCUT2D eigenvalue weighted by Gasteiger charge is 2.58. The molecule has 1 unspecified atom stereocenters. The number of nitrogens with two attached hydrogens (primary N) is 1. The van der Waals surface area contributed by atoms with Gasteiger partial charge in [-0.3, -0.25) is 28.2 Å². The number of alkyl halides is 1. The summed E-state index contributed by atoms with van der Waals surface area (Å²) in [6.07, 6.45) is 1.44. The van der Waals surface area contributed by atoms with Gasteiger partial charge in [-0.1, -0.05) is 48.0 Å². The van der Waals surface area contributed by atoms with Crippen LogP contribution in [0.15, 0.2) is 41.5 Å². The van der Waals surface area contributed by atoms with Crippen molar-refractivity contribution >= 4 is 41.7 Å². The number of imidazole rings is 1. The van der Waals surface area contributed by atoms with Gasteiger partial charge in [-0.15, -0.1) is 6.42 Å². The highest BCUT2D eigenvalue weighted by molar-refractivity contribution is 8.13. The maximum Gasteiger partial charge on any atom is 0.405 e. The molecule has 4 rings (SSSR count). The van der Waals surface area contributed by atoms with Gasteiger partial charge in [0.25, 0.3) is 5.56 Å². The summed E-state index contributed by atoms with van der Waals surface area (Å²) in [6, 6.07) is 8.94. The second kappa shape index (κ2) is 13.2. The lowest BCUT2D eigenvalue weighted by Crippen LogP contribution is -2.42. The van der Waals surface area contributed by atoms with Crippen molar-refractivity contribution < 1.29 is 37.7 Å². The molecule has 0 aliphatic carbocycles. The molecule has 1 saturated heterocycles. The number of carbonyl (C=O) groups excluding carboxylic acids is 1. The third-order valence-corrected chi connectivity index (χ3v) is 9.37. The van der Waals surface area contributed by atoms with Crippen molar-refractivity contribution in [3.05, 3.63) is 52.6 Å². The summed E-state index contributed by atoms with van der Waals surface area (Å²) < 4.78 is 47.7. The van der Waals surface area contributed by atoms with E-state index in [0.29, 0.717) is 0 Å². The highest BCUT2D eigenvalue weighted by Crippen LogP contribution is 2.47. The minimum absolute atomic E-state index is 0.0680. The third-order valence-electron chi connectivity index (χ3n) is 6.62. The summed E-state index contributed by atoms with van der Waals surface area (Å²) >= 11 is 0.898. The van der Waals surface area contributed by atoms with Crippen LogP contribution in [0.5, 0.6) is 0 Å². The lowest BCUT2D eigenvalue weighted by Gasteiger charge is -2.24. The average molecular weight is 639 g/mol. The molecule has 0 bridgehead atoms. The number of aromatic nitrogens is 4. The fraction of sp³-hybridized carbons (Fsp3) is 0.462. The van der Waals surface area contributed by atoms with Crippen LogP contribution in [-0.2, 0) is 29.7 Å². The van der Waals surface area contributed by atoms with E-state index in [1.807, 2.05) is 12.0 Å². The second-order valence-corrected chi connectivity index (χ2v) is 13.2. The number of fused-ring (bicyclic) bond motifs is 1. The molecule has 1 fully saturated rings. The van der Waals surface area contributed by atoms with E-state index in [-0.39, 0.29) is 47.7 Å². The van der Waals surface area contributed by atoms with Crippen LogP contribution in [0.1, 0.15) is 25.6 Å². The number of carbonyl (C=O) groups is 1. The molecule has 232 valence electrons. The van der Waals surface area contributed by atoms with Crippen LogP contribution in [0.4, 0.5) is 10.3 Å². The maximum absolute atomic E-state index is 16.1. The number of nitrogens with one attached hydrogen (secondary N) is 2. The molecule has 43 heavy (non-hydrogen) atoms. The van der Waals surface area contributed by atoms with Gasteiger partial charge in [0, 0.05) is 12.3 Å². The molecule has 6 N–H and O–H groups in total. The van der Waals surface area contributed by atoms with E-state index in [9.17, 15) is 24.4 Å². The van der Waals surface area contributed by atoms with Crippen molar-refractivity contribution in [2.24, 2.45) is 5.41 Å². The smallest absolute Gasteiger partial charge is 0.395 e. The van der Waals surface area contributed by atoms with Crippen molar-refractivity contribution in [2.75, 3.05) is 31.3 Å². The molecule has 5 atom stereocenters. The van der Waals surface area contributed by atoms with E-state index in [4.69, 9.17) is 25.9 Å². The van der Waals surface area contributed by atoms with Crippen molar-refractivity contribution in [3.8, 4) is 12.3 Å². The number of thioether (sulfide) groups is 1. The monoisotopic (exact) mass is 638 g/mol. The lowest BCUT2D eigenvalue weighted by atomic mass is 9.97. The number of hydrogen-bond acceptors (Lipinski definition) is 12. The van der Waals surface area contributed by atoms with Gasteiger partial charge in [0.2, 0.25) is 11.6 Å². The maximum atomic E-state index is 16.1. The first-order valence-electron chi connectivity index (χ1n) is 13.0. The Morgan fingerprint density at radius 1 is 1.40 bits per heavy atom. The minimum Gasteiger partial charge on any atom is -0.395 e. The quantitative estimate of drug-likeness (QED) is 0.102. The Labute approximate surface area is 250 Å². The molecular weight excluding hydrogens is 606 g/mol. The molecule has 14 nitrogen and oxygen atoms in total. The second-order valence-electron chi connectivity index (χ2n) is 10.3. The van der Waals surface area contributed by atoms with Crippen LogP contribution in [0.25, 0.3) is 11.2 Å². The first kappa shape index (κ1) is 32.8. The van der Waals surface area contributed by atoms with Gasteiger partial charge in [-0.25, -0.2) is 19.0 Å². The Balaban J connectivity index is 1.49. The number of ether oxygens (including phenoxy) is 1. The molecule has 3 heterocycles. The van der Waals surface area contributed by atoms with Crippen LogP contribution in [0.3, 0.4) is 0 Å². The number of halogens is 1. The molecule has 3 aromatic rings. The van der Waals surface area contributed by atoms with Gasteiger partial charge in [0.1, 0.15) is 12.2 Å². The van der Waals surface area contributed by atoms with E-state index < -0.39 is 49.4 Å². The number of benzene rings is 1. The number of nitrogens with zero attached hydrogens (tertiary/aromatic N) is 3. The van der Waals surface area contributed by atoms with Crippen LogP contribution in [0.2, 0.25) is 0 Å². The zero-order chi connectivity index (χ0) is 31.4. The summed E-state index contributed by atoms with van der Waals surface area (Å²) in [5.74, 6) is 1.75. The normalized spacial score (nSPS) is 23.7. The number of aliphatic hydroxyl groups is 2. The average Bonchev–Trinajstić information content (AvgIpc) is 3.52. The largest absolute Gasteiger partial charge is 0.405 e. The fourth-order valence-electron chi connectivity index (χ4n) is 4.06. The van der Waals surface area contributed by atoms with Gasteiger partial charge < -0.3 is 20.7 Å². The standard InChI is InChI=1S/C26H32FN6O8PS/c1-4-26(27)19(35)17(41-22(26)33-15-29-18-20(33)31-24(28)32-21(18)36)13-40-42(38,30-12-16-8-6-5-7-9-16)39-10-11-43-23(37)25(2,3)14-34/h1,5-9,15,17,19,22,34-35H,10-14H2,2-3H3,(H,30,38)(H3,28,31,32,36)/t17-,19-,22-,26-,42?/m1/s1. The van der Waals surface area contributed by atoms with E-state index in [1.165, 1.54) is 0 Å². The molecule has 1 aliphatic heterocycles. The number of H-pyrrole nitrogens is 1. The molecule has 0 saturated carbocycles. The van der Waals surface area contributed by atoms with Crippen molar-refractivity contribution in [1.29, 1.82) is 0 Å². The van der Waals surface area contributed by atoms with Crippen LogP contribution in [0, 0.1) is 17.8 Å². The van der Waals surface area contributed by atoms with E-state index in [2.05, 4.69) is 20.0 Å². The van der Waals surface area contributed by atoms with Crippen molar-refractivity contribution in [2.45, 2.75) is 44.5 Å². The number of terminal acetylenes is 1. The number of hydrogen-bond donors (Lipinski definition) is 5. The molecule has 0 spiro atoms. The Hall–Kier alpha value is -3.13. The molecule has 17 heteroatoms. The first-order valence-corrected chi connectivity index (χ1v) is 15.5. The van der Waals surface area contributed by atoms with Crippen molar-refractivity contribution in [3.63, 3.8) is 0 Å². The molecule has 0 radical (unpaired) electrons. The number of aliphatic hydroxyl groups excluding tert-OH is 2. The predicted molar refractivity (Wildman–Crippen MR) is 156 cm³/mol. The van der Waals surface area contributed by atoms with Gasteiger partial charge in [0.05, 0.1) is 31.6 Å². The zero-order valence-corrected chi connectivity index (χ0v) is 25.0. The summed E-state index contributed by atoms with van der Waals surface area (Å²) in [4.78, 5) is 34.7. The highest BCUT2D eigenvalue weighted by atomic mass is 32.2. The SMILES string of the molecule is C#C[C@@]1(F)[C@H](O)[C@@H](COP(=O)(NCc2ccccc2)OCCSC(=O)C(C)(C)CO)O[C@H]1n1cnc2c(=O)[nH]c(N)nc21. The van der Waals surface area contributed by atoms with E-state index in [0.717, 1.165) is 28.2 Å². The van der Waals surface area contributed by atoms with E-state index >= 15 is 4.39 Å². The van der Waals surface area contributed by atoms with Gasteiger partial charge >= 0.3 is 7.75 Å². The topological polar surface area (TPSA) is 204 Å². The Morgan fingerprint density at radius 2 is 2.12 bits per heavy atom. The number of aromatic amines is 1. The van der Waals surface area contributed by atoms with Crippen LogP contribution >= 0.6 is 19.5 Å². The zero-order valence-electron chi connectivity index (χ0n) is 23.3. The number of rotatable bonds is 13. The Kier molecular flexibility index (Phi) is 10.1. The molecule has 1 aromatic carbocycles. The first-order chi connectivity index (χ1) is 20.3. The van der Waals surface area contributed by atoms with Crippen molar-refractivity contribution in [1.82, 2.24) is 24.6 Å². The predicted octanol–water partition coefficient (Wildman–Crippen LogP) is 1.51. The van der Waals surface area contributed by atoms with Crippen LogP contribution < -0.4 is 16.4 Å². The van der Waals surface area contributed by atoms with E-state index in [1.54, 1.807) is 38.1 Å². The van der Waals surface area contributed by atoms with Gasteiger partial charge in [0.15, 0.2) is 22.5 Å². The molecule has 1 aliphatic rings. The van der Waals surface area contributed by atoms with Gasteiger partial charge in [-0.2, -0.15) is 4.98 Å². The molecular formula is C26H32FN6O8PS. The molecule has 2 aromatic heterocycles. The molecule has 0 amide bonds. The summed E-state index contributed by atoms with van der Waals surface area (Å²) in [7, 11) is -4.14. The Morgan fingerprint density at radius 3 is 2.79 bits per heavy atom. The fourth-order valence-corrected chi connectivity index (χ4v) is 6.30. The number of nitrogen functional groups attached to an aromatic ring is 1. The minimum atomic E-state index is -4.14. The van der Waals surface area contributed by atoms with Gasteiger partial charge in [-0.05, 0) is 19.4 Å².